The van der Waals surface area contributed by atoms with Crippen LogP contribution in [0.15, 0.2) is 42.5 Å². The van der Waals surface area contributed by atoms with Crippen LogP contribution in [0.3, 0.4) is 0 Å². The summed E-state index contributed by atoms with van der Waals surface area (Å²) in [7, 11) is 3.17. The number of para-hydroxylation sites is 2. The maximum atomic E-state index is 11.1. The highest BCUT2D eigenvalue weighted by Crippen LogP contribution is 2.37. The molecule has 0 aliphatic carbocycles. The first-order chi connectivity index (χ1) is 13.6. The SMILES string of the molecule is COc1ccccc1OCCOc1ccc(C2NC(C(=O)O)CS2)cc1OC. The van der Waals surface area contributed by atoms with E-state index in [1.807, 2.05) is 42.5 Å². The Kier molecular flexibility index (Phi) is 6.89. The van der Waals surface area contributed by atoms with E-state index in [1.54, 1.807) is 26.0 Å². The van der Waals surface area contributed by atoms with Crippen molar-refractivity contribution in [2.24, 2.45) is 0 Å². The van der Waals surface area contributed by atoms with Gasteiger partial charge in [0.15, 0.2) is 23.0 Å². The first kappa shape index (κ1) is 20.2. The van der Waals surface area contributed by atoms with Crippen molar-refractivity contribution < 1.29 is 28.8 Å². The van der Waals surface area contributed by atoms with E-state index in [1.165, 1.54) is 0 Å². The number of methoxy groups -OCH3 is 2. The second kappa shape index (κ2) is 9.57. The van der Waals surface area contributed by atoms with Crippen molar-refractivity contribution in [3.8, 4) is 23.0 Å². The van der Waals surface area contributed by atoms with Gasteiger partial charge in [0.05, 0.1) is 19.6 Å². The fourth-order valence-corrected chi connectivity index (χ4v) is 4.04. The van der Waals surface area contributed by atoms with E-state index in [0.29, 0.717) is 42.0 Å². The molecule has 3 rings (SSSR count). The Hall–Kier alpha value is -2.58. The van der Waals surface area contributed by atoms with Gasteiger partial charge in [-0.2, -0.15) is 0 Å². The molecule has 2 N–H and O–H groups in total. The normalized spacial score (nSPS) is 18.5. The highest BCUT2D eigenvalue weighted by atomic mass is 32.2. The van der Waals surface area contributed by atoms with Crippen molar-refractivity contribution in [3.63, 3.8) is 0 Å². The predicted octanol–water partition coefficient (Wildman–Crippen LogP) is 2.95. The molecule has 0 radical (unpaired) electrons. The maximum absolute atomic E-state index is 11.1. The maximum Gasteiger partial charge on any atom is 0.321 e. The number of ether oxygens (including phenoxy) is 4. The molecule has 8 heteroatoms. The standard InChI is InChI=1S/C20H23NO6S/c1-24-15-5-3-4-6-16(15)26-9-10-27-17-8-7-13(11-18(17)25-2)19-21-14(12-28-19)20(22)23/h3-8,11,14,19,21H,9-10,12H2,1-2H3,(H,22,23). The van der Waals surface area contributed by atoms with Gasteiger partial charge in [-0.3, -0.25) is 10.1 Å². The van der Waals surface area contributed by atoms with Gasteiger partial charge in [-0.25, -0.2) is 0 Å². The van der Waals surface area contributed by atoms with E-state index >= 15 is 0 Å². The largest absolute Gasteiger partial charge is 0.493 e. The van der Waals surface area contributed by atoms with Crippen LogP contribution >= 0.6 is 11.8 Å². The lowest BCUT2D eigenvalue weighted by molar-refractivity contribution is -0.138. The predicted molar refractivity (Wildman–Crippen MR) is 107 cm³/mol. The first-order valence-electron chi connectivity index (χ1n) is 8.79. The first-order valence-corrected chi connectivity index (χ1v) is 9.84. The number of thioether (sulfide) groups is 1. The molecule has 7 nitrogen and oxygen atoms in total. The van der Waals surface area contributed by atoms with E-state index < -0.39 is 12.0 Å². The minimum Gasteiger partial charge on any atom is -0.493 e. The third-order valence-electron chi connectivity index (χ3n) is 4.24. The molecule has 0 amide bonds. The zero-order valence-corrected chi connectivity index (χ0v) is 16.5. The summed E-state index contributed by atoms with van der Waals surface area (Å²) in [6.45, 7) is 0.691. The Morgan fingerprint density at radius 2 is 1.68 bits per heavy atom. The van der Waals surface area contributed by atoms with Crippen LogP contribution in [0.5, 0.6) is 23.0 Å². The molecule has 28 heavy (non-hydrogen) atoms. The molecule has 1 heterocycles. The van der Waals surface area contributed by atoms with Crippen molar-refractivity contribution in [1.29, 1.82) is 0 Å². The number of hydrogen-bond acceptors (Lipinski definition) is 7. The fraction of sp³-hybridized carbons (Fsp3) is 0.350. The lowest BCUT2D eigenvalue weighted by Crippen LogP contribution is -2.33. The summed E-state index contributed by atoms with van der Waals surface area (Å²) in [6, 6.07) is 12.5. The summed E-state index contributed by atoms with van der Waals surface area (Å²) in [6.07, 6.45) is 0. The minimum atomic E-state index is -0.836. The number of carboxylic acid groups (broad SMARTS) is 1. The van der Waals surface area contributed by atoms with Gasteiger partial charge in [0.1, 0.15) is 19.3 Å². The van der Waals surface area contributed by atoms with Crippen molar-refractivity contribution in [3.05, 3.63) is 48.0 Å². The molecule has 2 aromatic rings. The van der Waals surface area contributed by atoms with Gasteiger partial charge in [0.2, 0.25) is 0 Å². The molecule has 2 atom stereocenters. The molecular weight excluding hydrogens is 382 g/mol. The van der Waals surface area contributed by atoms with E-state index in [9.17, 15) is 4.79 Å². The van der Waals surface area contributed by atoms with E-state index in [-0.39, 0.29) is 5.37 Å². The molecule has 2 aromatic carbocycles. The van der Waals surface area contributed by atoms with Gasteiger partial charge in [-0.05, 0) is 29.8 Å². The number of carboxylic acids is 1. The zero-order valence-electron chi connectivity index (χ0n) is 15.7. The summed E-state index contributed by atoms with van der Waals surface area (Å²) < 4.78 is 22.2. The lowest BCUT2D eigenvalue weighted by Gasteiger charge is -2.16. The highest BCUT2D eigenvalue weighted by molar-refractivity contribution is 7.99. The summed E-state index contributed by atoms with van der Waals surface area (Å²) >= 11 is 1.56. The van der Waals surface area contributed by atoms with Crippen molar-refractivity contribution in [2.75, 3.05) is 33.2 Å². The number of benzene rings is 2. The summed E-state index contributed by atoms with van der Waals surface area (Å²) in [5.74, 6) is 2.22. The third kappa shape index (κ3) is 4.82. The summed E-state index contributed by atoms with van der Waals surface area (Å²) in [4.78, 5) is 11.1. The summed E-state index contributed by atoms with van der Waals surface area (Å²) in [5, 5.41) is 12.1. The molecule has 1 aliphatic rings. The molecule has 1 saturated heterocycles. The van der Waals surface area contributed by atoms with Crippen LogP contribution in [0.25, 0.3) is 0 Å². The molecular formula is C20H23NO6S. The van der Waals surface area contributed by atoms with Gasteiger partial charge in [0, 0.05) is 5.75 Å². The Labute approximate surface area is 167 Å². The molecule has 1 fully saturated rings. The van der Waals surface area contributed by atoms with Crippen molar-refractivity contribution in [2.45, 2.75) is 11.4 Å². The number of carbonyl (C=O) groups is 1. The van der Waals surface area contributed by atoms with E-state index in [4.69, 9.17) is 24.1 Å². The quantitative estimate of drug-likeness (QED) is 0.616. The number of hydrogen-bond donors (Lipinski definition) is 2. The topological polar surface area (TPSA) is 86.2 Å². The molecule has 0 saturated carbocycles. The number of nitrogens with one attached hydrogen (secondary N) is 1. The molecule has 150 valence electrons. The smallest absolute Gasteiger partial charge is 0.321 e. The average Bonchev–Trinajstić information content (AvgIpc) is 3.22. The van der Waals surface area contributed by atoms with Crippen LogP contribution in [0.4, 0.5) is 0 Å². The monoisotopic (exact) mass is 405 g/mol. The number of rotatable bonds is 9. The van der Waals surface area contributed by atoms with Crippen LogP contribution in [0.2, 0.25) is 0 Å². The van der Waals surface area contributed by atoms with E-state index in [0.717, 1.165) is 5.56 Å². The van der Waals surface area contributed by atoms with E-state index in [2.05, 4.69) is 5.32 Å². The van der Waals surface area contributed by atoms with Gasteiger partial charge in [-0.15, -0.1) is 11.8 Å². The van der Waals surface area contributed by atoms with Crippen LogP contribution in [-0.4, -0.2) is 50.3 Å². The molecule has 1 aliphatic heterocycles. The van der Waals surface area contributed by atoms with Gasteiger partial charge < -0.3 is 24.1 Å². The van der Waals surface area contributed by atoms with Crippen LogP contribution in [-0.2, 0) is 4.79 Å². The summed E-state index contributed by atoms with van der Waals surface area (Å²) in [5.41, 5.74) is 0.947. The highest BCUT2D eigenvalue weighted by Gasteiger charge is 2.30. The fourth-order valence-electron chi connectivity index (χ4n) is 2.81. The second-order valence-electron chi connectivity index (χ2n) is 6.03. The van der Waals surface area contributed by atoms with Gasteiger partial charge in [-0.1, -0.05) is 18.2 Å². The Bertz CT molecular complexity index is 815. The Morgan fingerprint density at radius 3 is 2.29 bits per heavy atom. The third-order valence-corrected chi connectivity index (χ3v) is 5.51. The van der Waals surface area contributed by atoms with Crippen molar-refractivity contribution >= 4 is 17.7 Å². The Balaban J connectivity index is 1.56. The lowest BCUT2D eigenvalue weighted by atomic mass is 10.2. The molecule has 0 bridgehead atoms. The Morgan fingerprint density at radius 1 is 1.04 bits per heavy atom. The second-order valence-corrected chi connectivity index (χ2v) is 7.17. The van der Waals surface area contributed by atoms with Crippen molar-refractivity contribution in [1.82, 2.24) is 5.32 Å². The van der Waals surface area contributed by atoms with Gasteiger partial charge >= 0.3 is 5.97 Å². The molecule has 2 unspecified atom stereocenters. The van der Waals surface area contributed by atoms with Gasteiger partial charge in [0.25, 0.3) is 0 Å². The number of aliphatic carboxylic acids is 1. The average molecular weight is 405 g/mol. The van der Waals surface area contributed by atoms with Crippen LogP contribution in [0, 0.1) is 0 Å². The minimum absolute atomic E-state index is 0.0853. The molecule has 0 spiro atoms. The van der Waals surface area contributed by atoms with Crippen LogP contribution < -0.4 is 24.3 Å². The van der Waals surface area contributed by atoms with Crippen LogP contribution in [0.1, 0.15) is 10.9 Å². The zero-order chi connectivity index (χ0) is 19.9. The molecule has 0 aromatic heterocycles.